The normalized spacial score (nSPS) is 22.2. The molecule has 4 nitrogen and oxygen atoms in total. The average Bonchev–Trinajstić information content (AvgIpc) is 3.00. The molecule has 2 aliphatic rings. The third-order valence-electron chi connectivity index (χ3n) is 6.31. The van der Waals surface area contributed by atoms with Gasteiger partial charge in [-0.05, 0) is 42.2 Å². The molecule has 5 heteroatoms. The highest BCUT2D eigenvalue weighted by molar-refractivity contribution is 7.16. The van der Waals surface area contributed by atoms with Crippen LogP contribution in [0.5, 0.6) is 5.75 Å². The number of phenolic OH excluding ortho intramolecular Hbond substituents is 1. The number of para-hydroxylation sites is 1. The van der Waals surface area contributed by atoms with Gasteiger partial charge in [-0.2, -0.15) is 0 Å². The van der Waals surface area contributed by atoms with Gasteiger partial charge in [0.15, 0.2) is 0 Å². The van der Waals surface area contributed by atoms with E-state index in [4.69, 9.17) is 0 Å². The fourth-order valence-corrected chi connectivity index (χ4v) is 5.49. The maximum atomic E-state index is 12.8. The molecule has 0 saturated carbocycles. The van der Waals surface area contributed by atoms with Crippen LogP contribution in [-0.4, -0.2) is 11.0 Å². The summed E-state index contributed by atoms with van der Waals surface area (Å²) in [6, 6.07) is 7.14. The van der Waals surface area contributed by atoms with Crippen LogP contribution >= 0.6 is 11.3 Å². The van der Waals surface area contributed by atoms with Crippen LogP contribution in [-0.2, 0) is 12.8 Å². The second kappa shape index (κ2) is 6.31. The van der Waals surface area contributed by atoms with Crippen molar-refractivity contribution >= 4 is 22.2 Å². The van der Waals surface area contributed by atoms with Crippen molar-refractivity contribution in [2.45, 2.75) is 52.6 Å². The third kappa shape index (κ3) is 2.78. The van der Waals surface area contributed by atoms with Crippen molar-refractivity contribution in [3.05, 3.63) is 45.8 Å². The van der Waals surface area contributed by atoms with Crippen LogP contribution in [0.25, 0.3) is 0 Å². The molecular formula is C21H26N2O2S. The third-order valence-corrected chi connectivity index (χ3v) is 7.49. The highest BCUT2D eigenvalue weighted by Gasteiger charge is 2.37. The van der Waals surface area contributed by atoms with E-state index < -0.39 is 0 Å². The summed E-state index contributed by atoms with van der Waals surface area (Å²) in [6.07, 6.45) is 3.97. The Morgan fingerprint density at radius 1 is 1.27 bits per heavy atom. The van der Waals surface area contributed by atoms with E-state index in [0.29, 0.717) is 16.9 Å². The second-order valence-corrected chi connectivity index (χ2v) is 9.20. The van der Waals surface area contributed by atoms with Gasteiger partial charge in [0.2, 0.25) is 0 Å². The molecule has 2 atom stereocenters. The summed E-state index contributed by atoms with van der Waals surface area (Å²) < 4.78 is 0. The number of hydrogen-bond acceptors (Lipinski definition) is 4. The summed E-state index contributed by atoms with van der Waals surface area (Å²) in [5.41, 5.74) is 3.08. The molecule has 0 spiro atoms. The molecule has 138 valence electrons. The van der Waals surface area contributed by atoms with Crippen molar-refractivity contribution in [2.24, 2.45) is 11.3 Å². The molecule has 1 aliphatic heterocycles. The van der Waals surface area contributed by atoms with Gasteiger partial charge in [-0.1, -0.05) is 45.4 Å². The van der Waals surface area contributed by atoms with Crippen molar-refractivity contribution in [1.29, 1.82) is 0 Å². The number of hydrogen-bond donors (Lipinski definition) is 3. The highest BCUT2D eigenvalue weighted by Crippen LogP contribution is 2.47. The van der Waals surface area contributed by atoms with Gasteiger partial charge in [0, 0.05) is 10.4 Å². The number of anilines is 1. The largest absolute Gasteiger partial charge is 0.508 e. The zero-order chi connectivity index (χ0) is 18.5. The molecule has 2 aromatic rings. The Kier molecular flexibility index (Phi) is 4.22. The van der Waals surface area contributed by atoms with Crippen molar-refractivity contribution in [3.63, 3.8) is 0 Å². The van der Waals surface area contributed by atoms with Crippen LogP contribution in [0, 0.1) is 11.3 Å². The Bertz CT molecular complexity index is 856. The molecule has 1 amide bonds. The zero-order valence-corrected chi connectivity index (χ0v) is 16.4. The number of rotatable bonds is 3. The van der Waals surface area contributed by atoms with Crippen LogP contribution in [0.1, 0.15) is 66.1 Å². The van der Waals surface area contributed by atoms with Crippen LogP contribution in [0.3, 0.4) is 0 Å². The lowest BCUT2D eigenvalue weighted by atomic mass is 9.69. The Balaban J connectivity index is 1.65. The molecule has 26 heavy (non-hydrogen) atoms. The average molecular weight is 371 g/mol. The first-order chi connectivity index (χ1) is 12.4. The van der Waals surface area contributed by atoms with Gasteiger partial charge >= 0.3 is 0 Å². The van der Waals surface area contributed by atoms with Gasteiger partial charge in [-0.25, -0.2) is 0 Å². The number of nitrogens with one attached hydrogen (secondary N) is 2. The second-order valence-electron chi connectivity index (χ2n) is 8.10. The first-order valence-electron chi connectivity index (χ1n) is 9.40. The summed E-state index contributed by atoms with van der Waals surface area (Å²) in [6.45, 7) is 6.98. The quantitative estimate of drug-likeness (QED) is 0.724. The first kappa shape index (κ1) is 17.4. The van der Waals surface area contributed by atoms with E-state index in [0.717, 1.165) is 29.8 Å². The maximum Gasteiger partial charge on any atom is 0.256 e. The molecule has 2 heterocycles. The Hall–Kier alpha value is -2.01. The number of carbonyl (C=O) groups is 1. The van der Waals surface area contributed by atoms with E-state index in [-0.39, 0.29) is 17.8 Å². The van der Waals surface area contributed by atoms with Crippen molar-refractivity contribution < 1.29 is 9.90 Å². The summed E-state index contributed by atoms with van der Waals surface area (Å²) in [7, 11) is 0. The number of phenols is 1. The maximum absolute atomic E-state index is 12.8. The molecular weight excluding hydrogens is 344 g/mol. The van der Waals surface area contributed by atoms with Crippen LogP contribution < -0.4 is 10.6 Å². The van der Waals surface area contributed by atoms with E-state index >= 15 is 0 Å². The number of fused-ring (bicyclic) bond motifs is 3. The molecule has 1 aliphatic carbocycles. The number of benzene rings is 1. The molecule has 4 rings (SSSR count). The molecule has 0 fully saturated rings. The lowest BCUT2D eigenvalue weighted by molar-refractivity contribution is 0.0934. The molecule has 0 unspecified atom stereocenters. The molecule has 3 N–H and O–H groups in total. The summed E-state index contributed by atoms with van der Waals surface area (Å²) in [4.78, 5) is 14.2. The summed E-state index contributed by atoms with van der Waals surface area (Å²) in [5.74, 6) is 0.828. The molecule has 1 aromatic carbocycles. The molecule has 0 saturated heterocycles. The molecule has 1 aromatic heterocycles. The van der Waals surface area contributed by atoms with Gasteiger partial charge in [-0.3, -0.25) is 4.79 Å². The van der Waals surface area contributed by atoms with E-state index in [1.54, 1.807) is 23.5 Å². The number of amides is 1. The predicted octanol–water partition coefficient (Wildman–Crippen LogP) is 4.85. The smallest absolute Gasteiger partial charge is 0.256 e. The minimum absolute atomic E-state index is 0.0299. The minimum atomic E-state index is -0.390. The zero-order valence-electron chi connectivity index (χ0n) is 15.6. The number of carbonyl (C=O) groups excluding carboxylic acids is 1. The predicted molar refractivity (Wildman–Crippen MR) is 106 cm³/mol. The van der Waals surface area contributed by atoms with Gasteiger partial charge in [-0.15, -0.1) is 11.3 Å². The summed E-state index contributed by atoms with van der Waals surface area (Å²) in [5, 5.41) is 17.5. The standard InChI is InChI=1S/C21H26N2O2S/c1-4-21(2,3)12-9-10-14-16(11-12)26-20-17(14)19(25)22-18(23-20)13-7-5-6-8-15(13)24/h5-8,12,18,23-24H,4,9-11H2,1-3H3,(H,22,25)/t12-,18+/m0/s1. The number of aromatic hydroxyl groups is 1. The van der Waals surface area contributed by atoms with Crippen molar-refractivity contribution in [2.75, 3.05) is 5.32 Å². The van der Waals surface area contributed by atoms with Gasteiger partial charge in [0.05, 0.1) is 5.56 Å². The van der Waals surface area contributed by atoms with Gasteiger partial charge in [0.25, 0.3) is 5.91 Å². The van der Waals surface area contributed by atoms with E-state index in [9.17, 15) is 9.90 Å². The van der Waals surface area contributed by atoms with E-state index in [1.165, 1.54) is 16.9 Å². The topological polar surface area (TPSA) is 61.4 Å². The molecule has 0 bridgehead atoms. The SMILES string of the molecule is CCC(C)(C)[C@H]1CCc2c(sc3c2C(=O)N[C@@H](c2ccccc2O)N3)C1. The van der Waals surface area contributed by atoms with Crippen LogP contribution in [0.15, 0.2) is 24.3 Å². The van der Waals surface area contributed by atoms with Crippen molar-refractivity contribution in [1.82, 2.24) is 5.32 Å². The van der Waals surface area contributed by atoms with Crippen molar-refractivity contribution in [3.8, 4) is 5.75 Å². The lowest BCUT2D eigenvalue weighted by Gasteiger charge is -2.36. The Morgan fingerprint density at radius 2 is 2.04 bits per heavy atom. The Labute approximate surface area is 158 Å². The van der Waals surface area contributed by atoms with E-state index in [1.807, 2.05) is 12.1 Å². The first-order valence-corrected chi connectivity index (χ1v) is 10.2. The highest BCUT2D eigenvalue weighted by atomic mass is 32.1. The van der Waals surface area contributed by atoms with Gasteiger partial charge in [0.1, 0.15) is 16.9 Å². The van der Waals surface area contributed by atoms with Crippen LogP contribution in [0.4, 0.5) is 5.00 Å². The summed E-state index contributed by atoms with van der Waals surface area (Å²) >= 11 is 1.72. The number of thiophene rings is 1. The molecule has 0 radical (unpaired) electrons. The minimum Gasteiger partial charge on any atom is -0.508 e. The Morgan fingerprint density at radius 3 is 2.77 bits per heavy atom. The monoisotopic (exact) mass is 370 g/mol. The van der Waals surface area contributed by atoms with Crippen LogP contribution in [0.2, 0.25) is 0 Å². The fourth-order valence-electron chi connectivity index (χ4n) is 4.14. The van der Waals surface area contributed by atoms with E-state index in [2.05, 4.69) is 31.4 Å². The lowest BCUT2D eigenvalue weighted by Crippen LogP contribution is -2.38. The van der Waals surface area contributed by atoms with Gasteiger partial charge < -0.3 is 15.7 Å². The fraction of sp³-hybridized carbons (Fsp3) is 0.476.